The second kappa shape index (κ2) is 4.73. The fourth-order valence-corrected chi connectivity index (χ4v) is 1.23. The first-order valence-corrected chi connectivity index (χ1v) is 5.24. The van der Waals surface area contributed by atoms with Gasteiger partial charge in [-0.15, -0.1) is 0 Å². The lowest BCUT2D eigenvalue weighted by molar-refractivity contribution is -0.125. The summed E-state index contributed by atoms with van der Waals surface area (Å²) in [6.07, 6.45) is -0.413. The van der Waals surface area contributed by atoms with Gasteiger partial charge >= 0.3 is 0 Å². The van der Waals surface area contributed by atoms with E-state index in [9.17, 15) is 18.4 Å². The van der Waals surface area contributed by atoms with Crippen LogP contribution in [-0.4, -0.2) is 11.6 Å². The zero-order chi connectivity index (χ0) is 13.2. The maximum Gasteiger partial charge on any atom is 0.173 e. The molecule has 1 rings (SSSR count). The lowest BCUT2D eigenvalue weighted by Crippen LogP contribution is -2.23. The molecule has 1 aromatic carbocycles. The van der Waals surface area contributed by atoms with Crippen molar-refractivity contribution in [3.05, 3.63) is 35.4 Å². The third-order valence-electron chi connectivity index (χ3n) is 2.41. The molecular formula is C13H14F2O2. The van der Waals surface area contributed by atoms with Crippen LogP contribution in [0.2, 0.25) is 0 Å². The van der Waals surface area contributed by atoms with Crippen LogP contribution in [0.25, 0.3) is 0 Å². The van der Waals surface area contributed by atoms with Gasteiger partial charge in [0.2, 0.25) is 0 Å². The smallest absolute Gasteiger partial charge is 0.173 e. The largest absolute Gasteiger partial charge is 0.299 e. The molecule has 0 spiro atoms. The molecule has 0 aliphatic carbocycles. The fourth-order valence-electron chi connectivity index (χ4n) is 1.23. The Morgan fingerprint density at radius 1 is 1.18 bits per heavy atom. The summed E-state index contributed by atoms with van der Waals surface area (Å²) < 4.78 is 26.2. The van der Waals surface area contributed by atoms with Crippen molar-refractivity contribution in [3.8, 4) is 0 Å². The molecule has 0 amide bonds. The van der Waals surface area contributed by atoms with E-state index in [0.717, 1.165) is 6.07 Å². The molecule has 0 bridgehead atoms. The summed E-state index contributed by atoms with van der Waals surface area (Å²) in [5.74, 6) is -3.27. The predicted octanol–water partition coefficient (Wildman–Crippen LogP) is 3.15. The van der Waals surface area contributed by atoms with Gasteiger partial charge in [-0.25, -0.2) is 8.78 Å². The van der Waals surface area contributed by atoms with E-state index < -0.39 is 29.3 Å². The van der Waals surface area contributed by atoms with E-state index in [4.69, 9.17) is 0 Å². The van der Waals surface area contributed by atoms with Gasteiger partial charge in [-0.3, -0.25) is 9.59 Å². The van der Waals surface area contributed by atoms with Crippen LogP contribution in [0.4, 0.5) is 8.78 Å². The number of benzene rings is 1. The van der Waals surface area contributed by atoms with E-state index >= 15 is 0 Å². The summed E-state index contributed by atoms with van der Waals surface area (Å²) >= 11 is 0. The highest BCUT2D eigenvalue weighted by atomic mass is 19.2. The summed E-state index contributed by atoms with van der Waals surface area (Å²) in [6, 6.07) is 3.35. The van der Waals surface area contributed by atoms with E-state index in [1.165, 1.54) is 12.1 Å². The van der Waals surface area contributed by atoms with Gasteiger partial charge in [-0.05, 0) is 12.1 Å². The van der Waals surface area contributed by atoms with Crippen LogP contribution >= 0.6 is 0 Å². The van der Waals surface area contributed by atoms with Gasteiger partial charge in [-0.2, -0.15) is 0 Å². The van der Waals surface area contributed by atoms with Crippen LogP contribution < -0.4 is 0 Å². The minimum Gasteiger partial charge on any atom is -0.299 e. The molecule has 0 unspecified atom stereocenters. The molecule has 0 fully saturated rings. The zero-order valence-corrected chi connectivity index (χ0v) is 10.0. The summed E-state index contributed by atoms with van der Waals surface area (Å²) in [5, 5.41) is 0. The highest BCUT2D eigenvalue weighted by Gasteiger charge is 2.25. The van der Waals surface area contributed by atoms with E-state index in [1.807, 2.05) is 0 Å². The van der Waals surface area contributed by atoms with Crippen LogP contribution in [0.5, 0.6) is 0 Å². The first-order valence-electron chi connectivity index (χ1n) is 5.24. The average Bonchev–Trinajstić information content (AvgIpc) is 2.20. The number of halogens is 2. The monoisotopic (exact) mass is 240 g/mol. The van der Waals surface area contributed by atoms with Crippen molar-refractivity contribution >= 4 is 11.6 Å². The Balaban J connectivity index is 2.92. The second-order valence-electron chi connectivity index (χ2n) is 4.87. The van der Waals surface area contributed by atoms with Crippen LogP contribution in [-0.2, 0) is 4.79 Å². The molecule has 0 saturated heterocycles. The minimum atomic E-state index is -1.20. The third kappa shape index (κ3) is 3.19. The number of hydrogen-bond acceptors (Lipinski definition) is 2. The third-order valence-corrected chi connectivity index (χ3v) is 2.41. The van der Waals surface area contributed by atoms with E-state index in [1.54, 1.807) is 20.8 Å². The van der Waals surface area contributed by atoms with Gasteiger partial charge < -0.3 is 0 Å². The van der Waals surface area contributed by atoms with Crippen molar-refractivity contribution in [2.75, 3.05) is 0 Å². The molecular weight excluding hydrogens is 226 g/mol. The highest BCUT2D eigenvalue weighted by molar-refractivity contribution is 6.09. The lowest BCUT2D eigenvalue weighted by atomic mass is 9.87. The van der Waals surface area contributed by atoms with Crippen molar-refractivity contribution in [2.24, 2.45) is 5.41 Å². The van der Waals surface area contributed by atoms with Crippen molar-refractivity contribution in [1.29, 1.82) is 0 Å². The molecule has 0 aromatic heterocycles. The van der Waals surface area contributed by atoms with Crippen molar-refractivity contribution < 1.29 is 18.4 Å². The lowest BCUT2D eigenvalue weighted by Gasteiger charge is -2.15. The van der Waals surface area contributed by atoms with Crippen LogP contribution in [0.1, 0.15) is 37.6 Å². The number of carbonyl (C=O) groups excluding carboxylic acids is 2. The van der Waals surface area contributed by atoms with E-state index in [0.29, 0.717) is 0 Å². The Kier molecular flexibility index (Phi) is 3.76. The standard InChI is InChI=1S/C13H14F2O2/c1-13(2,3)11(17)7-10(16)8-5-4-6-9(14)12(8)15/h4-6H,7H2,1-3H3. The molecule has 0 saturated carbocycles. The maximum atomic E-state index is 13.3. The Labute approximate surface area is 98.6 Å². The highest BCUT2D eigenvalue weighted by Crippen LogP contribution is 2.20. The van der Waals surface area contributed by atoms with E-state index in [-0.39, 0.29) is 11.3 Å². The minimum absolute atomic E-state index is 0.300. The molecule has 92 valence electrons. The topological polar surface area (TPSA) is 34.1 Å². The quantitative estimate of drug-likeness (QED) is 0.600. The fraction of sp³-hybridized carbons (Fsp3) is 0.385. The summed E-state index contributed by atoms with van der Waals surface area (Å²) in [4.78, 5) is 23.3. The van der Waals surface area contributed by atoms with Crippen molar-refractivity contribution in [1.82, 2.24) is 0 Å². The zero-order valence-electron chi connectivity index (χ0n) is 10.0. The van der Waals surface area contributed by atoms with Gasteiger partial charge in [0.15, 0.2) is 17.4 Å². The van der Waals surface area contributed by atoms with Crippen molar-refractivity contribution in [2.45, 2.75) is 27.2 Å². The Hall–Kier alpha value is -1.58. The molecule has 0 aliphatic heterocycles. The molecule has 0 aliphatic rings. The molecule has 1 aromatic rings. The van der Waals surface area contributed by atoms with Gasteiger partial charge in [0.1, 0.15) is 5.78 Å². The molecule has 0 N–H and O–H groups in total. The van der Waals surface area contributed by atoms with Crippen LogP contribution in [0.15, 0.2) is 18.2 Å². The average molecular weight is 240 g/mol. The number of ketones is 2. The normalized spacial score (nSPS) is 11.4. The number of rotatable bonds is 3. The summed E-state index contributed by atoms with van der Waals surface area (Å²) in [6.45, 7) is 5.01. The van der Waals surface area contributed by atoms with Crippen LogP contribution in [0.3, 0.4) is 0 Å². The summed E-state index contributed by atoms with van der Waals surface area (Å²) in [5.41, 5.74) is -1.04. The first kappa shape index (κ1) is 13.5. The summed E-state index contributed by atoms with van der Waals surface area (Å²) in [7, 11) is 0. The van der Waals surface area contributed by atoms with Gasteiger partial charge in [0.05, 0.1) is 12.0 Å². The molecule has 4 heteroatoms. The number of Topliss-reactive ketones (excluding diaryl/α,β-unsaturated/α-hetero) is 2. The molecule has 17 heavy (non-hydrogen) atoms. The van der Waals surface area contributed by atoms with Crippen molar-refractivity contribution in [3.63, 3.8) is 0 Å². The van der Waals surface area contributed by atoms with Gasteiger partial charge in [0, 0.05) is 5.41 Å². The van der Waals surface area contributed by atoms with Gasteiger partial charge in [0.25, 0.3) is 0 Å². The molecule has 0 heterocycles. The Bertz CT molecular complexity index is 459. The maximum absolute atomic E-state index is 13.3. The second-order valence-corrected chi connectivity index (χ2v) is 4.87. The molecule has 0 atom stereocenters. The van der Waals surface area contributed by atoms with E-state index in [2.05, 4.69) is 0 Å². The predicted molar refractivity (Wildman–Crippen MR) is 59.8 cm³/mol. The molecule has 2 nitrogen and oxygen atoms in total. The number of hydrogen-bond donors (Lipinski definition) is 0. The Morgan fingerprint density at radius 3 is 2.29 bits per heavy atom. The SMILES string of the molecule is CC(C)(C)C(=O)CC(=O)c1cccc(F)c1F. The first-order chi connectivity index (χ1) is 7.73. The van der Waals surface area contributed by atoms with Crippen LogP contribution in [0, 0.1) is 17.0 Å². The number of carbonyl (C=O) groups is 2. The van der Waals surface area contributed by atoms with Gasteiger partial charge in [-0.1, -0.05) is 26.8 Å². The Morgan fingerprint density at radius 2 is 1.76 bits per heavy atom. The molecule has 0 radical (unpaired) electrons.